The zero-order valence-electron chi connectivity index (χ0n) is 7.59. The van der Waals surface area contributed by atoms with Crippen molar-refractivity contribution in [1.29, 1.82) is 0 Å². The second-order valence-electron chi connectivity index (χ2n) is 4.22. The zero-order chi connectivity index (χ0) is 8.44. The Kier molecular flexibility index (Phi) is 2.37. The van der Waals surface area contributed by atoms with Crippen LogP contribution in [0.4, 0.5) is 0 Å². The van der Waals surface area contributed by atoms with Gasteiger partial charge in [0.15, 0.2) is 0 Å². The lowest BCUT2D eigenvalue weighted by Crippen LogP contribution is -2.40. The van der Waals surface area contributed by atoms with E-state index in [1.807, 2.05) is 0 Å². The molecule has 2 fully saturated rings. The molecule has 0 radical (unpaired) electrons. The van der Waals surface area contributed by atoms with Gasteiger partial charge in [0, 0.05) is 12.5 Å². The molecule has 2 rings (SSSR count). The van der Waals surface area contributed by atoms with Crippen molar-refractivity contribution in [3.8, 4) is 0 Å². The van der Waals surface area contributed by atoms with Crippen LogP contribution in [-0.2, 0) is 4.74 Å². The van der Waals surface area contributed by atoms with E-state index in [-0.39, 0.29) is 5.60 Å². The number of ether oxygens (including phenoxy) is 1. The second kappa shape index (κ2) is 3.35. The van der Waals surface area contributed by atoms with Crippen LogP contribution >= 0.6 is 0 Å². The van der Waals surface area contributed by atoms with Gasteiger partial charge >= 0.3 is 0 Å². The van der Waals surface area contributed by atoms with Gasteiger partial charge in [-0.15, -0.1) is 0 Å². The van der Waals surface area contributed by atoms with Gasteiger partial charge in [0.05, 0.1) is 12.2 Å². The number of hydrogen-bond donors (Lipinski definition) is 1. The average Bonchev–Trinajstić information content (AvgIpc) is 2.58. The summed E-state index contributed by atoms with van der Waals surface area (Å²) in [5, 5.41) is 10.3. The van der Waals surface area contributed by atoms with Gasteiger partial charge in [-0.25, -0.2) is 0 Å². The molecule has 0 aromatic heterocycles. The molecule has 0 bridgehead atoms. The summed E-state index contributed by atoms with van der Waals surface area (Å²) in [5.74, 6) is 0.429. The lowest BCUT2D eigenvalue weighted by molar-refractivity contribution is -0.0507. The summed E-state index contributed by atoms with van der Waals surface area (Å²) >= 11 is 0. The van der Waals surface area contributed by atoms with Crippen LogP contribution in [-0.4, -0.2) is 23.9 Å². The van der Waals surface area contributed by atoms with Crippen LogP contribution in [0.5, 0.6) is 0 Å². The van der Waals surface area contributed by atoms with E-state index in [1.165, 1.54) is 19.3 Å². The third-order valence-electron chi connectivity index (χ3n) is 3.41. The highest BCUT2D eigenvalue weighted by molar-refractivity contribution is 4.90. The van der Waals surface area contributed by atoms with Crippen LogP contribution in [0.15, 0.2) is 0 Å². The number of hydrogen-bond acceptors (Lipinski definition) is 2. The predicted molar refractivity (Wildman–Crippen MR) is 47.0 cm³/mol. The van der Waals surface area contributed by atoms with Crippen molar-refractivity contribution in [3.05, 3.63) is 0 Å². The van der Waals surface area contributed by atoms with Gasteiger partial charge in [-0.3, -0.25) is 0 Å². The zero-order valence-corrected chi connectivity index (χ0v) is 7.59. The molecule has 2 nitrogen and oxygen atoms in total. The molecule has 1 heterocycles. The Morgan fingerprint density at radius 1 is 1.17 bits per heavy atom. The quantitative estimate of drug-likeness (QED) is 0.649. The van der Waals surface area contributed by atoms with E-state index in [0.29, 0.717) is 5.92 Å². The summed E-state index contributed by atoms with van der Waals surface area (Å²) in [4.78, 5) is 0. The van der Waals surface area contributed by atoms with Crippen molar-refractivity contribution < 1.29 is 9.84 Å². The molecule has 1 atom stereocenters. The van der Waals surface area contributed by atoms with E-state index in [9.17, 15) is 5.11 Å². The maximum absolute atomic E-state index is 10.3. The topological polar surface area (TPSA) is 29.5 Å². The highest BCUT2D eigenvalue weighted by Crippen LogP contribution is 2.37. The lowest BCUT2D eigenvalue weighted by Gasteiger charge is -2.36. The predicted octanol–water partition coefficient (Wildman–Crippen LogP) is 1.72. The molecule has 1 saturated carbocycles. The normalized spacial score (nSPS) is 35.2. The van der Waals surface area contributed by atoms with E-state index in [0.717, 1.165) is 32.5 Å². The maximum Gasteiger partial charge on any atom is 0.0698 e. The lowest BCUT2D eigenvalue weighted by atomic mass is 9.75. The molecule has 1 saturated heterocycles. The fraction of sp³-hybridized carbons (Fsp3) is 1.00. The summed E-state index contributed by atoms with van der Waals surface area (Å²) in [5.41, 5.74) is -0.366. The second-order valence-corrected chi connectivity index (χ2v) is 4.22. The van der Waals surface area contributed by atoms with Gasteiger partial charge in [0.2, 0.25) is 0 Å². The number of rotatable bonds is 1. The highest BCUT2D eigenvalue weighted by Gasteiger charge is 2.39. The molecule has 12 heavy (non-hydrogen) atoms. The summed E-state index contributed by atoms with van der Waals surface area (Å²) in [6.07, 6.45) is 6.77. The Morgan fingerprint density at radius 2 is 1.92 bits per heavy atom. The third-order valence-corrected chi connectivity index (χ3v) is 3.41. The molecule has 0 aromatic rings. The Bertz CT molecular complexity index is 144. The largest absolute Gasteiger partial charge is 0.390 e. The Labute approximate surface area is 73.9 Å². The van der Waals surface area contributed by atoms with E-state index in [2.05, 4.69) is 0 Å². The fourth-order valence-electron chi connectivity index (χ4n) is 2.53. The molecule has 1 unspecified atom stereocenters. The molecule has 2 aliphatic rings. The molecule has 1 N–H and O–H groups in total. The highest BCUT2D eigenvalue weighted by atomic mass is 16.5. The Morgan fingerprint density at radius 3 is 2.50 bits per heavy atom. The van der Waals surface area contributed by atoms with Crippen molar-refractivity contribution >= 4 is 0 Å². The van der Waals surface area contributed by atoms with E-state index in [1.54, 1.807) is 0 Å². The first-order valence-electron chi connectivity index (χ1n) is 5.11. The van der Waals surface area contributed by atoms with E-state index >= 15 is 0 Å². The smallest absolute Gasteiger partial charge is 0.0698 e. The van der Waals surface area contributed by atoms with Crippen LogP contribution in [0.2, 0.25) is 0 Å². The Hall–Kier alpha value is -0.0800. The summed E-state index contributed by atoms with van der Waals surface area (Å²) < 4.78 is 5.32. The minimum absolute atomic E-state index is 0.366. The molecule has 1 aliphatic carbocycles. The molecule has 0 aromatic carbocycles. The SMILES string of the molecule is OC1(C2CCOC2)CCCCC1. The monoisotopic (exact) mass is 170 g/mol. The molecule has 0 spiro atoms. The first kappa shape index (κ1) is 8.52. The molecule has 0 amide bonds. The van der Waals surface area contributed by atoms with Gasteiger partial charge in [0.1, 0.15) is 0 Å². The van der Waals surface area contributed by atoms with Gasteiger partial charge in [0.25, 0.3) is 0 Å². The van der Waals surface area contributed by atoms with Gasteiger partial charge < -0.3 is 9.84 Å². The van der Waals surface area contributed by atoms with Crippen LogP contribution in [0, 0.1) is 5.92 Å². The minimum atomic E-state index is -0.366. The Balaban J connectivity index is 1.97. The van der Waals surface area contributed by atoms with Gasteiger partial charge in [-0.2, -0.15) is 0 Å². The maximum atomic E-state index is 10.3. The van der Waals surface area contributed by atoms with Crippen LogP contribution in [0.25, 0.3) is 0 Å². The molecule has 2 heteroatoms. The van der Waals surface area contributed by atoms with Gasteiger partial charge in [-0.05, 0) is 19.3 Å². The summed E-state index contributed by atoms with van der Waals surface area (Å²) in [7, 11) is 0. The van der Waals surface area contributed by atoms with E-state index < -0.39 is 0 Å². The third kappa shape index (κ3) is 1.50. The molecule has 1 aliphatic heterocycles. The first-order valence-corrected chi connectivity index (χ1v) is 5.11. The molecule has 70 valence electrons. The van der Waals surface area contributed by atoms with Crippen LogP contribution in [0.3, 0.4) is 0 Å². The average molecular weight is 170 g/mol. The van der Waals surface area contributed by atoms with Crippen molar-refractivity contribution in [2.24, 2.45) is 5.92 Å². The van der Waals surface area contributed by atoms with Crippen LogP contribution < -0.4 is 0 Å². The van der Waals surface area contributed by atoms with Gasteiger partial charge in [-0.1, -0.05) is 19.3 Å². The minimum Gasteiger partial charge on any atom is -0.390 e. The van der Waals surface area contributed by atoms with Crippen molar-refractivity contribution in [2.45, 2.75) is 44.1 Å². The molecular weight excluding hydrogens is 152 g/mol. The molecular formula is C10H18O2. The fourth-order valence-corrected chi connectivity index (χ4v) is 2.53. The standard InChI is InChI=1S/C10H18O2/c11-10(5-2-1-3-6-10)9-4-7-12-8-9/h9,11H,1-8H2. The summed E-state index contributed by atoms with van der Waals surface area (Å²) in [6.45, 7) is 1.64. The first-order chi connectivity index (χ1) is 5.81. The van der Waals surface area contributed by atoms with Crippen molar-refractivity contribution in [3.63, 3.8) is 0 Å². The van der Waals surface area contributed by atoms with Crippen molar-refractivity contribution in [2.75, 3.05) is 13.2 Å². The summed E-state index contributed by atoms with van der Waals surface area (Å²) in [6, 6.07) is 0. The van der Waals surface area contributed by atoms with E-state index in [4.69, 9.17) is 4.74 Å². The number of aliphatic hydroxyl groups is 1. The van der Waals surface area contributed by atoms with Crippen LogP contribution in [0.1, 0.15) is 38.5 Å². The van der Waals surface area contributed by atoms with Crippen molar-refractivity contribution in [1.82, 2.24) is 0 Å².